The summed E-state index contributed by atoms with van der Waals surface area (Å²) in [5.74, 6) is -0.0591. The van der Waals surface area contributed by atoms with Crippen LogP contribution in [-0.4, -0.2) is 76.3 Å². The summed E-state index contributed by atoms with van der Waals surface area (Å²) in [4.78, 5) is 69.4. The first-order valence-electron chi connectivity index (χ1n) is 34.8. The number of nitrogen functional groups attached to an aromatic ring is 2. The number of aldehydes is 1. The molecule has 7 rings (SSSR count). The van der Waals surface area contributed by atoms with Crippen molar-refractivity contribution in [3.05, 3.63) is 216 Å². The summed E-state index contributed by atoms with van der Waals surface area (Å²) in [5, 5.41) is 26.0. The van der Waals surface area contributed by atoms with Crippen LogP contribution in [0.5, 0.6) is 0 Å². The van der Waals surface area contributed by atoms with Crippen molar-refractivity contribution in [3.8, 4) is 0 Å². The molecule has 7 aromatic carbocycles. The molecule has 0 aliphatic heterocycles. The van der Waals surface area contributed by atoms with Gasteiger partial charge in [0.05, 0.1) is 5.69 Å². The molecule has 2 amide bonds. The number of hydrogen-bond acceptors (Lipinski definition) is 15. The molecule has 21 heteroatoms. The molecule has 1 atom stereocenters. The van der Waals surface area contributed by atoms with Gasteiger partial charge in [0.15, 0.2) is 12.1 Å². The van der Waals surface area contributed by atoms with Crippen LogP contribution in [0.1, 0.15) is 238 Å². The van der Waals surface area contributed by atoms with E-state index in [2.05, 4.69) is 105 Å². The SMILES string of the molecule is CC(C)(C)C.CC(C)(C)OC(=O)Nc1ccc(Cl)cc1.CC(C)(C)OC(=O)OC(=O)OC(C)(C)C.CO.Cc1c(C)c(C)c(C(=O)c2cc(Cl)ccc2N)c(C)c1C.Cc1c(C)c(C)c(C(O)c2cc(Cl)ccc2NC(=O)OC(C)(C)C)c(C)c1C.Cc1c(C)c(C)c(C=O)c(C)c1C.Nc1ccc(Cl)cc1. The molecule has 0 saturated heterocycles. The summed E-state index contributed by atoms with van der Waals surface area (Å²) in [6, 6.07) is 23.9. The topological polar surface area (TPSA) is 265 Å². The number of nitrogens with two attached hydrogens (primary N) is 2. The van der Waals surface area contributed by atoms with Gasteiger partial charge in [-0.3, -0.25) is 20.2 Å². The number of amides is 2. The largest absolute Gasteiger partial charge is 0.519 e. The lowest BCUT2D eigenvalue weighted by Crippen LogP contribution is -2.29. The molecular formula is C86H120Cl4N4O13. The van der Waals surface area contributed by atoms with Crippen molar-refractivity contribution in [2.24, 2.45) is 5.41 Å². The molecule has 107 heavy (non-hydrogen) atoms. The van der Waals surface area contributed by atoms with Crippen LogP contribution in [0.3, 0.4) is 0 Å². The predicted octanol–water partition coefficient (Wildman–Crippen LogP) is 24.2. The van der Waals surface area contributed by atoms with Crippen molar-refractivity contribution in [3.63, 3.8) is 0 Å². The molecule has 590 valence electrons. The summed E-state index contributed by atoms with van der Waals surface area (Å²) in [6.07, 6.45) is -3.13. The number of ether oxygens (including phenoxy) is 5. The maximum absolute atomic E-state index is 12.9. The molecule has 0 radical (unpaired) electrons. The zero-order chi connectivity index (χ0) is 83.7. The van der Waals surface area contributed by atoms with Crippen LogP contribution in [0, 0.1) is 109 Å². The van der Waals surface area contributed by atoms with Crippen molar-refractivity contribution in [2.75, 3.05) is 29.2 Å². The highest BCUT2D eigenvalue weighted by atomic mass is 35.5. The fourth-order valence-corrected chi connectivity index (χ4v) is 10.4. The van der Waals surface area contributed by atoms with Crippen LogP contribution in [-0.2, 0) is 23.7 Å². The Morgan fingerprint density at radius 2 is 0.720 bits per heavy atom. The highest BCUT2D eigenvalue weighted by Gasteiger charge is 2.28. The molecule has 17 nitrogen and oxygen atoms in total. The summed E-state index contributed by atoms with van der Waals surface area (Å²) < 4.78 is 24.2. The maximum Gasteiger partial charge on any atom is 0.519 e. The Kier molecular flexibility index (Phi) is 39.8. The molecular weight excluding hydrogens is 1440 g/mol. The Morgan fingerprint density at radius 1 is 0.411 bits per heavy atom. The molecule has 1 unspecified atom stereocenters. The predicted molar refractivity (Wildman–Crippen MR) is 444 cm³/mol. The van der Waals surface area contributed by atoms with Gasteiger partial charge < -0.3 is 45.4 Å². The van der Waals surface area contributed by atoms with Gasteiger partial charge in [0.2, 0.25) is 0 Å². The number of aliphatic hydroxyl groups is 2. The minimum atomic E-state index is -1.06. The van der Waals surface area contributed by atoms with Crippen LogP contribution < -0.4 is 22.1 Å². The minimum Gasteiger partial charge on any atom is -0.444 e. The Labute approximate surface area is 658 Å². The summed E-state index contributed by atoms with van der Waals surface area (Å²) in [6.45, 7) is 60.3. The Balaban J connectivity index is 0.00000128. The molecule has 0 aliphatic carbocycles. The van der Waals surface area contributed by atoms with Crippen LogP contribution in [0.15, 0.2) is 84.9 Å². The number of ketones is 1. The van der Waals surface area contributed by atoms with Crippen LogP contribution >= 0.6 is 46.4 Å². The lowest BCUT2D eigenvalue weighted by Gasteiger charge is -2.25. The standard InChI is InChI=1S/C23H30ClNO3.C18H20ClNO.C12H16O.C11H14ClNO2.C10H18O5.C6H6ClN.C5H12.CH4O/c1-12-13(2)15(4)20(16(5)14(12)3)21(26)18-11-17(24)9-10-19(18)25-22(27)28-23(6,7)8;1-9-10(2)12(4)17(13(5)11(9)3)18(21)15-8-14(19)6-7-16(15)20;1-7-8(2)10(4)12(6-13)11(5)9(7)3;1-11(2,3)15-10(14)13-9-6-4-8(12)5-7-9;1-9(2,3)14-7(11)13-8(12)15-10(4,5)6;7-5-1-3-6(8)4-2-5;1-5(2,3)4;1-2/h9-11,21,26H,1-8H3,(H,25,27);6-8H,20H2,1-5H3;6H,1-5H3;4-7H,1-3H3,(H,13,14);1-6H3;1-4H,8H2;1-4H3;2H,1H3. The minimum absolute atomic E-state index is 0.0591. The van der Waals surface area contributed by atoms with E-state index in [1.165, 1.54) is 27.8 Å². The van der Waals surface area contributed by atoms with Crippen molar-refractivity contribution in [1.82, 2.24) is 0 Å². The third kappa shape index (κ3) is 35.2. The van der Waals surface area contributed by atoms with Crippen molar-refractivity contribution in [1.29, 1.82) is 0 Å². The van der Waals surface area contributed by atoms with Crippen molar-refractivity contribution in [2.45, 2.75) is 243 Å². The molecule has 0 bridgehead atoms. The number of rotatable bonds is 7. The highest BCUT2D eigenvalue weighted by molar-refractivity contribution is 6.32. The van der Waals surface area contributed by atoms with E-state index in [0.29, 0.717) is 48.7 Å². The van der Waals surface area contributed by atoms with Gasteiger partial charge in [-0.2, -0.15) is 0 Å². The number of benzene rings is 7. The van der Waals surface area contributed by atoms with E-state index in [1.54, 1.807) is 147 Å². The van der Waals surface area contributed by atoms with Crippen LogP contribution in [0.2, 0.25) is 20.1 Å². The first-order valence-corrected chi connectivity index (χ1v) is 36.3. The molecule has 0 aliphatic rings. The van der Waals surface area contributed by atoms with Gasteiger partial charge >= 0.3 is 24.5 Å². The second-order valence-electron chi connectivity index (χ2n) is 31.2. The summed E-state index contributed by atoms with van der Waals surface area (Å²) in [7, 11) is 1.00. The van der Waals surface area contributed by atoms with Gasteiger partial charge in [0, 0.05) is 66.5 Å². The molecule has 0 spiro atoms. The van der Waals surface area contributed by atoms with Gasteiger partial charge in [0.25, 0.3) is 0 Å². The number of hydrogen-bond donors (Lipinski definition) is 6. The van der Waals surface area contributed by atoms with Crippen LogP contribution in [0.25, 0.3) is 0 Å². The number of nitrogens with one attached hydrogen (secondary N) is 2. The van der Waals surface area contributed by atoms with E-state index in [4.69, 9.17) is 81.9 Å². The average Bonchev–Trinajstić information content (AvgIpc) is 0.778. The van der Waals surface area contributed by atoms with Crippen molar-refractivity contribution >= 4 is 106 Å². The lowest BCUT2D eigenvalue weighted by atomic mass is 9.85. The normalized spacial score (nSPS) is 11.2. The van der Waals surface area contributed by atoms with Gasteiger partial charge in [-0.15, -0.1) is 0 Å². The zero-order valence-corrected chi connectivity index (χ0v) is 72.3. The number of carbonyl (C=O) groups is 6. The second kappa shape index (κ2) is 43.1. The van der Waals surface area contributed by atoms with E-state index in [1.807, 2.05) is 62.3 Å². The number of halogens is 4. The second-order valence-corrected chi connectivity index (χ2v) is 33.0. The zero-order valence-electron chi connectivity index (χ0n) is 69.3. The Bertz CT molecular complexity index is 4030. The van der Waals surface area contributed by atoms with E-state index in [-0.39, 0.29) is 5.78 Å². The van der Waals surface area contributed by atoms with E-state index < -0.39 is 53.0 Å². The monoisotopic (exact) mass is 1560 g/mol. The summed E-state index contributed by atoms with van der Waals surface area (Å²) in [5.41, 5.74) is 32.3. The number of anilines is 4. The smallest absolute Gasteiger partial charge is 0.444 e. The third-order valence-corrected chi connectivity index (χ3v) is 17.2. The maximum atomic E-state index is 12.9. The van der Waals surface area contributed by atoms with Gasteiger partial charge in [-0.25, -0.2) is 19.2 Å². The summed E-state index contributed by atoms with van der Waals surface area (Å²) >= 11 is 23.5. The van der Waals surface area contributed by atoms with Gasteiger partial charge in [-0.05, 0) is 366 Å². The fourth-order valence-electron chi connectivity index (χ4n) is 9.82. The quantitative estimate of drug-likeness (QED) is 0.0216. The first kappa shape index (κ1) is 98.8. The molecule has 7 aromatic rings. The molecule has 0 fully saturated rings. The van der Waals surface area contributed by atoms with Gasteiger partial charge in [0.1, 0.15) is 28.5 Å². The lowest BCUT2D eigenvalue weighted by molar-refractivity contribution is -0.0295. The van der Waals surface area contributed by atoms with Crippen molar-refractivity contribution < 1.29 is 62.7 Å². The van der Waals surface area contributed by atoms with Crippen LogP contribution in [0.4, 0.5) is 41.9 Å². The molecule has 8 N–H and O–H groups in total. The van der Waals surface area contributed by atoms with E-state index in [0.717, 1.165) is 96.4 Å². The average molecular weight is 1560 g/mol. The fraction of sp³-hybridized carbons (Fsp3) is 0.442. The third-order valence-electron chi connectivity index (χ3n) is 16.2. The Morgan fingerprint density at radius 3 is 1.07 bits per heavy atom. The van der Waals surface area contributed by atoms with Gasteiger partial charge in [-0.1, -0.05) is 74.1 Å². The van der Waals surface area contributed by atoms with E-state index in [9.17, 15) is 33.9 Å². The number of aliphatic hydroxyl groups excluding tert-OH is 2. The van der Waals surface area contributed by atoms with E-state index >= 15 is 0 Å². The molecule has 0 saturated carbocycles. The highest BCUT2D eigenvalue weighted by Crippen LogP contribution is 2.38. The number of carbonyl (C=O) groups excluding carboxylic acids is 6. The molecule has 0 heterocycles. The molecule has 0 aromatic heterocycles. The first-order chi connectivity index (χ1) is 48.7. The Hall–Kier alpha value is -8.16.